The molecular formula is C17H24N4O2. The summed E-state index contributed by atoms with van der Waals surface area (Å²) in [5.41, 5.74) is 1.33. The van der Waals surface area contributed by atoms with Crippen LogP contribution < -0.4 is 5.32 Å². The van der Waals surface area contributed by atoms with E-state index >= 15 is 0 Å². The fraction of sp³-hybridized carbons (Fsp3) is 0.529. The van der Waals surface area contributed by atoms with Crippen LogP contribution in [0.15, 0.2) is 34.9 Å². The maximum atomic E-state index is 5.83. The van der Waals surface area contributed by atoms with E-state index in [1.165, 1.54) is 5.56 Å². The van der Waals surface area contributed by atoms with Crippen molar-refractivity contribution in [3.8, 4) is 0 Å². The van der Waals surface area contributed by atoms with Crippen LogP contribution in [0.25, 0.3) is 0 Å². The van der Waals surface area contributed by atoms with Crippen LogP contribution in [0.1, 0.15) is 31.2 Å². The summed E-state index contributed by atoms with van der Waals surface area (Å²) in [4.78, 5) is 6.74. The van der Waals surface area contributed by atoms with E-state index in [9.17, 15) is 0 Å². The van der Waals surface area contributed by atoms with Gasteiger partial charge in [0.15, 0.2) is 5.82 Å². The summed E-state index contributed by atoms with van der Waals surface area (Å²) in [6.45, 7) is 8.32. The molecule has 1 unspecified atom stereocenters. The molecule has 1 fully saturated rings. The molecule has 1 N–H and O–H groups in total. The highest BCUT2D eigenvalue weighted by atomic mass is 16.5. The largest absolute Gasteiger partial charge is 0.374 e. The summed E-state index contributed by atoms with van der Waals surface area (Å²) in [6.07, 6.45) is 0.127. The van der Waals surface area contributed by atoms with Crippen molar-refractivity contribution in [2.45, 2.75) is 32.4 Å². The van der Waals surface area contributed by atoms with Crippen molar-refractivity contribution in [1.82, 2.24) is 15.0 Å². The van der Waals surface area contributed by atoms with Gasteiger partial charge in [-0.3, -0.25) is 4.90 Å². The molecule has 1 atom stereocenters. The summed E-state index contributed by atoms with van der Waals surface area (Å²) < 4.78 is 11.0. The zero-order valence-electron chi connectivity index (χ0n) is 13.7. The predicted octanol–water partition coefficient (Wildman–Crippen LogP) is 2.51. The van der Waals surface area contributed by atoms with Crippen LogP contribution in [0.4, 0.5) is 6.01 Å². The molecule has 6 heteroatoms. The summed E-state index contributed by atoms with van der Waals surface area (Å²) in [7, 11) is 0. The third kappa shape index (κ3) is 4.53. The number of anilines is 1. The molecule has 0 saturated carbocycles. The highest BCUT2D eigenvalue weighted by molar-refractivity contribution is 5.19. The molecule has 1 saturated heterocycles. The van der Waals surface area contributed by atoms with E-state index < -0.39 is 0 Å². The Kier molecular flexibility index (Phi) is 5.25. The number of benzene rings is 1. The Morgan fingerprint density at radius 3 is 2.87 bits per heavy atom. The van der Waals surface area contributed by atoms with E-state index in [2.05, 4.69) is 44.6 Å². The minimum atomic E-state index is 0.127. The lowest BCUT2D eigenvalue weighted by Gasteiger charge is -2.32. The van der Waals surface area contributed by atoms with E-state index in [1.54, 1.807) is 0 Å². The minimum absolute atomic E-state index is 0.127. The number of aromatic nitrogens is 2. The molecule has 2 aromatic rings. The monoisotopic (exact) mass is 316 g/mol. The fourth-order valence-electron chi connectivity index (χ4n) is 2.63. The average Bonchev–Trinajstić information content (AvgIpc) is 3.04. The van der Waals surface area contributed by atoms with Crippen molar-refractivity contribution in [2.24, 2.45) is 0 Å². The van der Waals surface area contributed by atoms with Gasteiger partial charge in [0.05, 0.1) is 12.7 Å². The normalized spacial score (nSPS) is 19.2. The Morgan fingerprint density at radius 2 is 2.13 bits per heavy atom. The Morgan fingerprint density at radius 1 is 1.30 bits per heavy atom. The predicted molar refractivity (Wildman–Crippen MR) is 88.3 cm³/mol. The number of hydrogen-bond donors (Lipinski definition) is 1. The molecule has 23 heavy (non-hydrogen) atoms. The third-order valence-corrected chi connectivity index (χ3v) is 3.91. The summed E-state index contributed by atoms with van der Waals surface area (Å²) in [5.74, 6) is 0.990. The van der Waals surface area contributed by atoms with Gasteiger partial charge < -0.3 is 14.6 Å². The van der Waals surface area contributed by atoms with Crippen molar-refractivity contribution in [3.63, 3.8) is 0 Å². The number of rotatable bonds is 6. The first-order valence-corrected chi connectivity index (χ1v) is 8.16. The number of morpholine rings is 1. The SMILES string of the molecule is CC(C)c1noc(NCC2CN(Cc3ccccc3)CCO2)n1. The maximum absolute atomic E-state index is 5.83. The summed E-state index contributed by atoms with van der Waals surface area (Å²) >= 11 is 0. The Hall–Kier alpha value is -1.92. The second-order valence-electron chi connectivity index (χ2n) is 6.21. The molecule has 1 aromatic carbocycles. The first kappa shape index (κ1) is 16.0. The molecule has 0 amide bonds. The van der Waals surface area contributed by atoms with Crippen molar-refractivity contribution in [2.75, 3.05) is 31.6 Å². The summed E-state index contributed by atoms with van der Waals surface area (Å²) in [5, 5.41) is 7.13. The van der Waals surface area contributed by atoms with Gasteiger partial charge in [-0.2, -0.15) is 4.98 Å². The van der Waals surface area contributed by atoms with E-state index in [-0.39, 0.29) is 12.0 Å². The van der Waals surface area contributed by atoms with Crippen molar-refractivity contribution in [1.29, 1.82) is 0 Å². The summed E-state index contributed by atoms with van der Waals surface area (Å²) in [6, 6.07) is 11.0. The van der Waals surface area contributed by atoms with Gasteiger partial charge in [-0.25, -0.2) is 0 Å². The lowest BCUT2D eigenvalue weighted by Crippen LogP contribution is -2.44. The second-order valence-corrected chi connectivity index (χ2v) is 6.21. The molecule has 0 bridgehead atoms. The van der Waals surface area contributed by atoms with Gasteiger partial charge >= 0.3 is 6.01 Å². The Labute approximate surface area is 136 Å². The van der Waals surface area contributed by atoms with Crippen molar-refractivity contribution in [3.05, 3.63) is 41.7 Å². The first-order valence-electron chi connectivity index (χ1n) is 8.16. The quantitative estimate of drug-likeness (QED) is 0.883. The minimum Gasteiger partial charge on any atom is -0.374 e. The molecule has 3 rings (SSSR count). The maximum Gasteiger partial charge on any atom is 0.321 e. The molecule has 1 aliphatic heterocycles. The van der Waals surface area contributed by atoms with Crippen LogP contribution in [0.5, 0.6) is 0 Å². The number of nitrogens with zero attached hydrogens (tertiary/aromatic N) is 3. The number of ether oxygens (including phenoxy) is 1. The van der Waals surface area contributed by atoms with Gasteiger partial charge in [0.2, 0.25) is 0 Å². The fourth-order valence-corrected chi connectivity index (χ4v) is 2.63. The number of hydrogen-bond acceptors (Lipinski definition) is 6. The molecule has 6 nitrogen and oxygen atoms in total. The zero-order chi connectivity index (χ0) is 16.1. The van der Waals surface area contributed by atoms with E-state index in [1.807, 2.05) is 19.9 Å². The Balaban J connectivity index is 1.48. The van der Waals surface area contributed by atoms with Crippen molar-refractivity contribution < 1.29 is 9.26 Å². The molecule has 0 spiro atoms. The van der Waals surface area contributed by atoms with Crippen LogP contribution in [0.3, 0.4) is 0 Å². The van der Waals surface area contributed by atoms with Crippen molar-refractivity contribution >= 4 is 6.01 Å². The second kappa shape index (κ2) is 7.57. The first-order chi connectivity index (χ1) is 11.2. The Bertz CT molecular complexity index is 600. The van der Waals surface area contributed by atoms with Crippen LogP contribution in [-0.4, -0.2) is 47.4 Å². The zero-order valence-corrected chi connectivity index (χ0v) is 13.7. The van der Waals surface area contributed by atoms with E-state index in [0.717, 1.165) is 32.1 Å². The molecule has 0 aliphatic carbocycles. The van der Waals surface area contributed by atoms with E-state index in [4.69, 9.17) is 9.26 Å². The van der Waals surface area contributed by atoms with Crippen LogP contribution in [-0.2, 0) is 11.3 Å². The number of nitrogens with one attached hydrogen (secondary N) is 1. The van der Waals surface area contributed by atoms with Crippen LogP contribution in [0, 0.1) is 0 Å². The molecule has 1 aromatic heterocycles. The van der Waals surface area contributed by atoms with Gasteiger partial charge in [-0.05, 0) is 5.56 Å². The smallest absolute Gasteiger partial charge is 0.321 e. The van der Waals surface area contributed by atoms with Gasteiger partial charge in [0.25, 0.3) is 0 Å². The lowest BCUT2D eigenvalue weighted by atomic mass is 10.2. The average molecular weight is 316 g/mol. The van der Waals surface area contributed by atoms with Crippen LogP contribution >= 0.6 is 0 Å². The van der Waals surface area contributed by atoms with Crippen LogP contribution in [0.2, 0.25) is 0 Å². The molecular weight excluding hydrogens is 292 g/mol. The molecule has 124 valence electrons. The molecule has 1 aliphatic rings. The third-order valence-electron chi connectivity index (χ3n) is 3.91. The van der Waals surface area contributed by atoms with Gasteiger partial charge in [-0.15, -0.1) is 0 Å². The lowest BCUT2D eigenvalue weighted by molar-refractivity contribution is -0.0242. The van der Waals surface area contributed by atoms with Gasteiger partial charge in [-0.1, -0.05) is 49.3 Å². The molecule has 2 heterocycles. The van der Waals surface area contributed by atoms with E-state index in [0.29, 0.717) is 12.6 Å². The van der Waals surface area contributed by atoms with Gasteiger partial charge in [0.1, 0.15) is 0 Å². The van der Waals surface area contributed by atoms with Gasteiger partial charge in [0, 0.05) is 32.1 Å². The highest BCUT2D eigenvalue weighted by Crippen LogP contribution is 2.14. The standard InChI is InChI=1S/C17H24N4O2/c1-13(2)16-19-17(23-20-16)18-10-15-12-21(8-9-22-15)11-14-6-4-3-5-7-14/h3-7,13,15H,8-12H2,1-2H3,(H,18,19,20). The topological polar surface area (TPSA) is 63.4 Å². The highest BCUT2D eigenvalue weighted by Gasteiger charge is 2.21. The molecule has 0 radical (unpaired) electrons.